The van der Waals surface area contributed by atoms with Crippen LogP contribution >= 0.6 is 22.9 Å². The molecule has 2 aromatic carbocycles. The van der Waals surface area contributed by atoms with E-state index in [1.165, 1.54) is 75.1 Å². The van der Waals surface area contributed by atoms with E-state index in [0.717, 1.165) is 40.4 Å². The molecule has 0 aliphatic heterocycles. The van der Waals surface area contributed by atoms with Gasteiger partial charge in [-0.15, -0.1) is 11.3 Å². The van der Waals surface area contributed by atoms with Gasteiger partial charge in [-0.2, -0.15) is 0 Å². The monoisotopic (exact) mass is 578 g/mol. The standard InChI is InChI=1S/C26H27ClN2O7S2/c1-34-20-13-12-18(14-21(20)35-2)38(32,33)29(17-10-8-16(27)9-11-17)15-23(30)28-25-24(26(31)36-3)19-6-4-5-7-22(19)37-25/h8-14H,4-7,15H2,1-3H3,(H,28,30). The third kappa shape index (κ3) is 5.59. The number of sulfonamides is 1. The maximum Gasteiger partial charge on any atom is 0.341 e. The van der Waals surface area contributed by atoms with Gasteiger partial charge in [0.15, 0.2) is 11.5 Å². The molecule has 1 aliphatic carbocycles. The van der Waals surface area contributed by atoms with Crippen LogP contribution in [-0.2, 0) is 32.4 Å². The van der Waals surface area contributed by atoms with Crippen LogP contribution < -0.4 is 19.1 Å². The topological polar surface area (TPSA) is 111 Å². The fraction of sp³-hybridized carbons (Fsp3) is 0.308. The van der Waals surface area contributed by atoms with Gasteiger partial charge < -0.3 is 19.5 Å². The Kier molecular flexibility index (Phi) is 8.49. The van der Waals surface area contributed by atoms with E-state index < -0.39 is 28.4 Å². The van der Waals surface area contributed by atoms with Gasteiger partial charge in [0.1, 0.15) is 11.5 Å². The molecular weight excluding hydrogens is 552 g/mol. The number of methoxy groups -OCH3 is 3. The highest BCUT2D eigenvalue weighted by atomic mass is 35.5. The van der Waals surface area contributed by atoms with E-state index in [4.69, 9.17) is 25.8 Å². The van der Waals surface area contributed by atoms with Crippen LogP contribution in [0.25, 0.3) is 0 Å². The summed E-state index contributed by atoms with van der Waals surface area (Å²) in [6.45, 7) is -0.554. The number of amides is 1. The minimum Gasteiger partial charge on any atom is -0.493 e. The average molecular weight is 579 g/mol. The molecular formula is C26H27ClN2O7S2. The highest BCUT2D eigenvalue weighted by Gasteiger charge is 2.31. The summed E-state index contributed by atoms with van der Waals surface area (Å²) in [5.74, 6) is -0.569. The van der Waals surface area contributed by atoms with Gasteiger partial charge >= 0.3 is 5.97 Å². The lowest BCUT2D eigenvalue weighted by Gasteiger charge is -2.24. The Morgan fingerprint density at radius 1 is 1.00 bits per heavy atom. The Balaban J connectivity index is 1.70. The fourth-order valence-corrected chi connectivity index (χ4v) is 7.15. The molecule has 9 nitrogen and oxygen atoms in total. The van der Waals surface area contributed by atoms with Crippen LogP contribution in [0.4, 0.5) is 10.7 Å². The van der Waals surface area contributed by atoms with Gasteiger partial charge in [0.25, 0.3) is 10.0 Å². The van der Waals surface area contributed by atoms with E-state index in [9.17, 15) is 18.0 Å². The minimum atomic E-state index is -4.24. The van der Waals surface area contributed by atoms with E-state index in [1.807, 2.05) is 0 Å². The van der Waals surface area contributed by atoms with Gasteiger partial charge in [0.05, 0.1) is 37.5 Å². The highest BCUT2D eigenvalue weighted by Crippen LogP contribution is 2.39. The Hall–Kier alpha value is -3.28. The zero-order valence-corrected chi connectivity index (χ0v) is 23.5. The maximum absolute atomic E-state index is 13.8. The summed E-state index contributed by atoms with van der Waals surface area (Å²) in [6, 6.07) is 10.3. The number of hydrogen-bond acceptors (Lipinski definition) is 8. The number of nitrogens with one attached hydrogen (secondary N) is 1. The first-order chi connectivity index (χ1) is 18.2. The minimum absolute atomic E-state index is 0.0975. The molecule has 3 aromatic rings. The molecule has 1 aromatic heterocycles. The molecule has 0 radical (unpaired) electrons. The third-order valence-corrected chi connectivity index (χ3v) is 9.39. The number of carbonyl (C=O) groups is 2. The Bertz CT molecular complexity index is 1450. The van der Waals surface area contributed by atoms with Gasteiger partial charge in [-0.05, 0) is 67.6 Å². The zero-order valence-electron chi connectivity index (χ0n) is 21.1. The number of benzene rings is 2. The molecule has 1 N–H and O–H groups in total. The smallest absolute Gasteiger partial charge is 0.341 e. The molecule has 12 heteroatoms. The number of esters is 1. The number of fused-ring (bicyclic) bond motifs is 1. The predicted octanol–water partition coefficient (Wildman–Crippen LogP) is 4.92. The molecule has 0 bridgehead atoms. The van der Waals surface area contributed by atoms with Crippen molar-refractivity contribution in [2.75, 3.05) is 37.5 Å². The lowest BCUT2D eigenvalue weighted by molar-refractivity contribution is -0.114. The van der Waals surface area contributed by atoms with E-state index in [0.29, 0.717) is 21.3 Å². The predicted molar refractivity (Wildman–Crippen MR) is 146 cm³/mol. The Labute approximate surface area is 230 Å². The van der Waals surface area contributed by atoms with Crippen molar-refractivity contribution in [1.29, 1.82) is 0 Å². The van der Waals surface area contributed by atoms with Gasteiger partial charge in [0.2, 0.25) is 5.91 Å². The normalized spacial score (nSPS) is 12.8. The molecule has 1 amide bonds. The number of anilines is 2. The second-order valence-corrected chi connectivity index (χ2v) is 11.9. The Morgan fingerprint density at radius 3 is 2.34 bits per heavy atom. The molecule has 0 unspecified atom stereocenters. The summed E-state index contributed by atoms with van der Waals surface area (Å²) >= 11 is 7.35. The van der Waals surface area contributed by atoms with Crippen LogP contribution in [-0.4, -0.2) is 48.2 Å². The van der Waals surface area contributed by atoms with Gasteiger partial charge in [-0.25, -0.2) is 13.2 Å². The summed E-state index contributed by atoms with van der Waals surface area (Å²) in [6.07, 6.45) is 3.46. The second kappa shape index (κ2) is 11.6. The van der Waals surface area contributed by atoms with Gasteiger partial charge in [-0.1, -0.05) is 11.6 Å². The Morgan fingerprint density at radius 2 is 1.68 bits per heavy atom. The molecule has 202 valence electrons. The third-order valence-electron chi connectivity index (χ3n) is 6.16. The molecule has 1 aliphatic rings. The molecule has 0 atom stereocenters. The van der Waals surface area contributed by atoms with Crippen molar-refractivity contribution in [2.45, 2.75) is 30.6 Å². The molecule has 0 spiro atoms. The van der Waals surface area contributed by atoms with Crippen molar-refractivity contribution in [3.8, 4) is 11.5 Å². The number of hydrogen-bond donors (Lipinski definition) is 1. The first kappa shape index (κ1) is 27.7. The van der Waals surface area contributed by atoms with Gasteiger partial charge in [0, 0.05) is 16.0 Å². The average Bonchev–Trinajstić information content (AvgIpc) is 3.28. The van der Waals surface area contributed by atoms with E-state index >= 15 is 0 Å². The number of halogens is 1. The van der Waals surface area contributed by atoms with Gasteiger partial charge in [-0.3, -0.25) is 9.10 Å². The van der Waals surface area contributed by atoms with Crippen molar-refractivity contribution < 1.29 is 32.2 Å². The first-order valence-corrected chi connectivity index (χ1v) is 14.4. The number of ether oxygens (including phenoxy) is 3. The van der Waals surface area contributed by atoms with Crippen molar-refractivity contribution in [1.82, 2.24) is 0 Å². The second-order valence-electron chi connectivity index (χ2n) is 8.46. The number of rotatable bonds is 9. The molecule has 4 rings (SSSR count). The number of carbonyl (C=O) groups excluding carboxylic acids is 2. The summed E-state index contributed by atoms with van der Waals surface area (Å²) in [4.78, 5) is 26.8. The SMILES string of the molecule is COC(=O)c1c(NC(=O)CN(c2ccc(Cl)cc2)S(=O)(=O)c2ccc(OC)c(OC)c2)sc2c1CCCC2. The maximum atomic E-state index is 13.8. The molecule has 0 fully saturated rings. The summed E-state index contributed by atoms with van der Waals surface area (Å²) in [5, 5.41) is 3.53. The number of aryl methyl sites for hydroxylation is 1. The van der Waals surface area contributed by atoms with Crippen LogP contribution in [0.3, 0.4) is 0 Å². The van der Waals surface area contributed by atoms with Crippen molar-refractivity contribution in [3.05, 3.63) is 63.5 Å². The van der Waals surface area contributed by atoms with E-state index in [2.05, 4.69) is 5.32 Å². The molecule has 38 heavy (non-hydrogen) atoms. The highest BCUT2D eigenvalue weighted by molar-refractivity contribution is 7.92. The largest absolute Gasteiger partial charge is 0.493 e. The lowest BCUT2D eigenvalue weighted by Crippen LogP contribution is -2.38. The quantitative estimate of drug-likeness (QED) is 0.359. The van der Waals surface area contributed by atoms with Crippen LogP contribution in [0.1, 0.15) is 33.6 Å². The fourth-order valence-electron chi connectivity index (χ4n) is 4.30. The lowest BCUT2D eigenvalue weighted by atomic mass is 9.95. The molecule has 1 heterocycles. The molecule has 0 saturated heterocycles. The van der Waals surface area contributed by atoms with E-state index in [-0.39, 0.29) is 16.3 Å². The van der Waals surface area contributed by atoms with Crippen molar-refractivity contribution in [3.63, 3.8) is 0 Å². The first-order valence-electron chi connectivity index (χ1n) is 11.7. The summed E-state index contributed by atoms with van der Waals surface area (Å²) in [7, 11) is -0.102. The summed E-state index contributed by atoms with van der Waals surface area (Å²) < 4.78 is 44.0. The van der Waals surface area contributed by atoms with E-state index in [1.54, 1.807) is 0 Å². The van der Waals surface area contributed by atoms with Crippen molar-refractivity contribution in [2.24, 2.45) is 0 Å². The van der Waals surface area contributed by atoms with Crippen molar-refractivity contribution >= 4 is 55.5 Å². The zero-order chi connectivity index (χ0) is 27.4. The number of nitrogens with zero attached hydrogens (tertiary/aromatic N) is 1. The van der Waals surface area contributed by atoms with Crippen LogP contribution in [0, 0.1) is 0 Å². The number of thiophene rings is 1. The summed E-state index contributed by atoms with van der Waals surface area (Å²) in [5.41, 5.74) is 1.45. The van der Waals surface area contributed by atoms with Crippen LogP contribution in [0.2, 0.25) is 5.02 Å². The van der Waals surface area contributed by atoms with Crippen LogP contribution in [0.15, 0.2) is 47.4 Å². The van der Waals surface area contributed by atoms with Crippen LogP contribution in [0.5, 0.6) is 11.5 Å². The molecule has 0 saturated carbocycles.